The third-order valence-corrected chi connectivity index (χ3v) is 3.62. The number of hydrogen-bond donors (Lipinski definition) is 1. The average Bonchev–Trinajstić information content (AvgIpc) is 2.58. The summed E-state index contributed by atoms with van der Waals surface area (Å²) in [4.78, 5) is 16.2. The van der Waals surface area contributed by atoms with Gasteiger partial charge in [0.2, 0.25) is 5.91 Å². The Balaban J connectivity index is 1.96. The minimum atomic E-state index is -0.0300. The molecule has 4 heteroatoms. The number of carbonyl (C=O) groups excluding carboxylic acids is 1. The fraction of sp³-hybridized carbons (Fsp3) is 0.333. The molecule has 2 aromatic rings. The van der Waals surface area contributed by atoms with Crippen LogP contribution in [0.25, 0.3) is 0 Å². The van der Waals surface area contributed by atoms with Crippen LogP contribution in [0.3, 0.4) is 0 Å². The minimum absolute atomic E-state index is 0.0300. The Morgan fingerprint density at radius 2 is 2.09 bits per heavy atom. The molecule has 0 saturated heterocycles. The van der Waals surface area contributed by atoms with Crippen molar-refractivity contribution in [1.82, 2.24) is 10.3 Å². The standard InChI is InChI=1S/C18H22N2O2/c1-3-16(15-8-4-5-9-17(15)22-2)20-18(21)11-10-14-7-6-12-19-13-14/h4-9,12-13,16H,3,10-11H2,1-2H3,(H,20,21)/t16-/m0/s1. The molecule has 0 unspecified atom stereocenters. The van der Waals surface area contributed by atoms with Gasteiger partial charge < -0.3 is 10.1 Å². The second kappa shape index (κ2) is 8.17. The van der Waals surface area contributed by atoms with Gasteiger partial charge in [0.25, 0.3) is 0 Å². The van der Waals surface area contributed by atoms with E-state index in [0.29, 0.717) is 12.8 Å². The summed E-state index contributed by atoms with van der Waals surface area (Å²) in [6.07, 6.45) is 5.50. The highest BCUT2D eigenvalue weighted by Gasteiger charge is 2.16. The first kappa shape index (κ1) is 16.0. The van der Waals surface area contributed by atoms with Gasteiger partial charge in [0, 0.05) is 24.4 Å². The Morgan fingerprint density at radius 1 is 1.27 bits per heavy atom. The topological polar surface area (TPSA) is 51.2 Å². The number of rotatable bonds is 7. The number of methoxy groups -OCH3 is 1. The molecule has 4 nitrogen and oxygen atoms in total. The summed E-state index contributed by atoms with van der Waals surface area (Å²) >= 11 is 0. The quantitative estimate of drug-likeness (QED) is 0.853. The molecule has 0 saturated carbocycles. The van der Waals surface area contributed by atoms with Crippen LogP contribution in [0.15, 0.2) is 48.8 Å². The van der Waals surface area contributed by atoms with Gasteiger partial charge in [-0.15, -0.1) is 0 Å². The van der Waals surface area contributed by atoms with E-state index in [9.17, 15) is 4.79 Å². The molecule has 2 rings (SSSR count). The molecule has 22 heavy (non-hydrogen) atoms. The van der Waals surface area contributed by atoms with E-state index >= 15 is 0 Å². The molecule has 1 aromatic carbocycles. The molecule has 1 atom stereocenters. The fourth-order valence-corrected chi connectivity index (χ4v) is 2.42. The Hall–Kier alpha value is -2.36. The van der Waals surface area contributed by atoms with Gasteiger partial charge >= 0.3 is 0 Å². The third kappa shape index (κ3) is 4.32. The van der Waals surface area contributed by atoms with Crippen LogP contribution in [-0.4, -0.2) is 18.0 Å². The number of aryl methyl sites for hydroxylation is 1. The SMILES string of the molecule is CC[C@H](NC(=O)CCc1cccnc1)c1ccccc1OC. The molecule has 0 radical (unpaired) electrons. The lowest BCUT2D eigenvalue weighted by atomic mass is 10.0. The van der Waals surface area contributed by atoms with Gasteiger partial charge in [0.1, 0.15) is 5.75 Å². The molecular formula is C18H22N2O2. The molecule has 0 aliphatic carbocycles. The van der Waals surface area contributed by atoms with Gasteiger partial charge in [0.05, 0.1) is 13.2 Å². The predicted molar refractivity (Wildman–Crippen MR) is 86.7 cm³/mol. The lowest BCUT2D eigenvalue weighted by Gasteiger charge is -2.20. The molecule has 1 aromatic heterocycles. The van der Waals surface area contributed by atoms with Gasteiger partial charge in [-0.2, -0.15) is 0 Å². The van der Waals surface area contributed by atoms with E-state index in [2.05, 4.69) is 17.2 Å². The zero-order valence-electron chi connectivity index (χ0n) is 13.1. The summed E-state index contributed by atoms with van der Waals surface area (Å²) in [6.45, 7) is 2.05. The van der Waals surface area contributed by atoms with Crippen molar-refractivity contribution in [3.8, 4) is 5.75 Å². The van der Waals surface area contributed by atoms with Crippen molar-refractivity contribution in [2.45, 2.75) is 32.2 Å². The zero-order chi connectivity index (χ0) is 15.8. The number of para-hydroxylation sites is 1. The molecule has 0 bridgehead atoms. The summed E-state index contributed by atoms with van der Waals surface area (Å²) in [5.74, 6) is 0.850. The maximum absolute atomic E-state index is 12.2. The van der Waals surface area contributed by atoms with Gasteiger partial charge in [-0.25, -0.2) is 0 Å². The number of pyridine rings is 1. The lowest BCUT2D eigenvalue weighted by Crippen LogP contribution is -2.28. The van der Waals surface area contributed by atoms with Crippen LogP contribution in [-0.2, 0) is 11.2 Å². The summed E-state index contributed by atoms with van der Waals surface area (Å²) in [5, 5.41) is 3.09. The van der Waals surface area contributed by atoms with E-state index < -0.39 is 0 Å². The van der Waals surface area contributed by atoms with Gasteiger partial charge in [0.15, 0.2) is 0 Å². The van der Waals surface area contributed by atoms with Crippen molar-refractivity contribution in [3.63, 3.8) is 0 Å². The maximum Gasteiger partial charge on any atom is 0.220 e. The molecule has 0 aliphatic heterocycles. The zero-order valence-corrected chi connectivity index (χ0v) is 13.1. The van der Waals surface area contributed by atoms with Crippen LogP contribution >= 0.6 is 0 Å². The van der Waals surface area contributed by atoms with Crippen molar-refractivity contribution in [3.05, 3.63) is 59.9 Å². The number of aromatic nitrogens is 1. The molecular weight excluding hydrogens is 276 g/mol. The largest absolute Gasteiger partial charge is 0.496 e. The van der Waals surface area contributed by atoms with Crippen LogP contribution in [0.1, 0.15) is 36.9 Å². The highest BCUT2D eigenvalue weighted by Crippen LogP contribution is 2.26. The second-order valence-electron chi connectivity index (χ2n) is 5.13. The first-order valence-electron chi connectivity index (χ1n) is 7.55. The van der Waals surface area contributed by atoms with E-state index in [1.807, 2.05) is 36.4 Å². The third-order valence-electron chi connectivity index (χ3n) is 3.62. The number of hydrogen-bond acceptors (Lipinski definition) is 3. The predicted octanol–water partition coefficient (Wildman–Crippen LogP) is 3.29. The monoisotopic (exact) mass is 298 g/mol. The van der Waals surface area contributed by atoms with Gasteiger partial charge in [-0.05, 0) is 30.5 Å². The van der Waals surface area contributed by atoms with Crippen molar-refractivity contribution in [1.29, 1.82) is 0 Å². The first-order valence-corrected chi connectivity index (χ1v) is 7.55. The number of carbonyl (C=O) groups is 1. The van der Waals surface area contributed by atoms with Crippen molar-refractivity contribution in [2.75, 3.05) is 7.11 Å². The normalized spacial score (nSPS) is 11.7. The molecule has 0 spiro atoms. The van der Waals surface area contributed by atoms with E-state index in [0.717, 1.165) is 23.3 Å². The van der Waals surface area contributed by atoms with Crippen LogP contribution in [0, 0.1) is 0 Å². The molecule has 1 heterocycles. The molecule has 0 fully saturated rings. The molecule has 1 amide bonds. The summed E-state index contributed by atoms with van der Waals surface area (Å²) in [5.41, 5.74) is 2.09. The van der Waals surface area contributed by atoms with Gasteiger partial charge in [-0.3, -0.25) is 9.78 Å². The van der Waals surface area contributed by atoms with Crippen LogP contribution in [0.4, 0.5) is 0 Å². The van der Waals surface area contributed by atoms with Crippen molar-refractivity contribution >= 4 is 5.91 Å². The first-order chi connectivity index (χ1) is 10.7. The van der Waals surface area contributed by atoms with E-state index in [1.165, 1.54) is 0 Å². The average molecular weight is 298 g/mol. The molecule has 1 N–H and O–H groups in total. The molecule has 0 aliphatic rings. The fourth-order valence-electron chi connectivity index (χ4n) is 2.42. The van der Waals surface area contributed by atoms with Crippen LogP contribution in [0.2, 0.25) is 0 Å². The Labute approximate surface area is 131 Å². The number of amides is 1. The molecule has 116 valence electrons. The highest BCUT2D eigenvalue weighted by atomic mass is 16.5. The van der Waals surface area contributed by atoms with E-state index in [1.54, 1.807) is 19.5 Å². The number of nitrogens with one attached hydrogen (secondary N) is 1. The minimum Gasteiger partial charge on any atom is -0.496 e. The second-order valence-corrected chi connectivity index (χ2v) is 5.13. The van der Waals surface area contributed by atoms with E-state index in [4.69, 9.17) is 4.74 Å². The number of nitrogens with zero attached hydrogens (tertiary/aromatic N) is 1. The van der Waals surface area contributed by atoms with Crippen molar-refractivity contribution in [2.24, 2.45) is 0 Å². The Kier molecular flexibility index (Phi) is 5.95. The van der Waals surface area contributed by atoms with Gasteiger partial charge in [-0.1, -0.05) is 31.2 Å². The summed E-state index contributed by atoms with van der Waals surface area (Å²) in [7, 11) is 1.65. The highest BCUT2D eigenvalue weighted by molar-refractivity contribution is 5.76. The lowest BCUT2D eigenvalue weighted by molar-refractivity contribution is -0.121. The smallest absolute Gasteiger partial charge is 0.220 e. The number of ether oxygens (including phenoxy) is 1. The summed E-state index contributed by atoms with van der Waals surface area (Å²) in [6, 6.07) is 11.6. The van der Waals surface area contributed by atoms with Crippen LogP contribution in [0.5, 0.6) is 5.75 Å². The Morgan fingerprint density at radius 3 is 2.77 bits per heavy atom. The van der Waals surface area contributed by atoms with Crippen LogP contribution < -0.4 is 10.1 Å². The summed E-state index contributed by atoms with van der Waals surface area (Å²) < 4.78 is 5.38. The maximum atomic E-state index is 12.2. The number of benzene rings is 1. The Bertz CT molecular complexity index is 599. The van der Waals surface area contributed by atoms with E-state index in [-0.39, 0.29) is 11.9 Å². The van der Waals surface area contributed by atoms with Crippen molar-refractivity contribution < 1.29 is 9.53 Å².